The lowest BCUT2D eigenvalue weighted by molar-refractivity contribution is -0.143. The van der Waals surface area contributed by atoms with Gasteiger partial charge in [-0.25, -0.2) is 14.4 Å². The molecule has 2 N–H and O–H groups in total. The van der Waals surface area contributed by atoms with Gasteiger partial charge in [-0.05, 0) is 63.4 Å². The van der Waals surface area contributed by atoms with Crippen LogP contribution in [0, 0.1) is 20.8 Å². The summed E-state index contributed by atoms with van der Waals surface area (Å²) in [6.07, 6.45) is 0.0147. The van der Waals surface area contributed by atoms with E-state index in [1.54, 1.807) is 32.0 Å². The summed E-state index contributed by atoms with van der Waals surface area (Å²) in [5.74, 6) is -0.355. The lowest BCUT2D eigenvalue weighted by atomic mass is 10.0. The smallest absolute Gasteiger partial charge is 0.339 e. The molecule has 0 unspecified atom stereocenters. The predicted octanol–water partition coefficient (Wildman–Crippen LogP) is 3.66. The van der Waals surface area contributed by atoms with Gasteiger partial charge in [0.25, 0.3) is 0 Å². The zero-order chi connectivity index (χ0) is 26.7. The maximum absolute atomic E-state index is 12.8. The van der Waals surface area contributed by atoms with Crippen molar-refractivity contribution >= 4 is 28.9 Å². The van der Waals surface area contributed by atoms with Crippen molar-refractivity contribution in [1.82, 2.24) is 10.6 Å². The van der Waals surface area contributed by atoms with Crippen molar-refractivity contribution in [2.75, 3.05) is 13.2 Å². The Hall–Kier alpha value is -4.34. The first-order valence-electron chi connectivity index (χ1n) is 11.9. The van der Waals surface area contributed by atoms with Crippen molar-refractivity contribution in [2.24, 2.45) is 0 Å². The summed E-state index contributed by atoms with van der Waals surface area (Å²) in [4.78, 5) is 50.2. The van der Waals surface area contributed by atoms with Gasteiger partial charge in [0.15, 0.2) is 0 Å². The van der Waals surface area contributed by atoms with Crippen molar-refractivity contribution in [2.45, 2.75) is 46.6 Å². The Labute approximate surface area is 212 Å². The molecule has 0 saturated carbocycles. The Kier molecular flexibility index (Phi) is 7.47. The summed E-state index contributed by atoms with van der Waals surface area (Å²) < 4.78 is 21.6. The van der Waals surface area contributed by atoms with Crippen LogP contribution >= 0.6 is 0 Å². The van der Waals surface area contributed by atoms with Gasteiger partial charge in [-0.3, -0.25) is 4.79 Å². The molecule has 4 rings (SSSR count). The van der Waals surface area contributed by atoms with Gasteiger partial charge in [0.05, 0.1) is 17.9 Å². The van der Waals surface area contributed by atoms with Crippen LogP contribution in [0.5, 0.6) is 0 Å². The normalized spacial score (nSPS) is 15.4. The lowest BCUT2D eigenvalue weighted by Gasteiger charge is -2.27. The van der Waals surface area contributed by atoms with Crippen molar-refractivity contribution in [3.05, 3.63) is 80.2 Å². The number of amides is 2. The molecule has 194 valence electrons. The Bertz CT molecular complexity index is 1460. The first-order valence-corrected chi connectivity index (χ1v) is 11.9. The van der Waals surface area contributed by atoms with Gasteiger partial charge in [0.1, 0.15) is 29.8 Å². The van der Waals surface area contributed by atoms with E-state index in [1.807, 2.05) is 26.0 Å². The predicted molar refractivity (Wildman–Crippen MR) is 133 cm³/mol. The maximum atomic E-state index is 12.8. The number of fused-ring (bicyclic) bond motifs is 1. The van der Waals surface area contributed by atoms with Gasteiger partial charge in [-0.15, -0.1) is 0 Å². The van der Waals surface area contributed by atoms with Crippen molar-refractivity contribution < 1.29 is 32.7 Å². The Morgan fingerprint density at radius 2 is 1.81 bits per heavy atom. The van der Waals surface area contributed by atoms with Crippen LogP contribution in [0.3, 0.4) is 0 Å². The van der Waals surface area contributed by atoms with E-state index in [0.29, 0.717) is 22.7 Å². The van der Waals surface area contributed by atoms with E-state index >= 15 is 0 Å². The summed E-state index contributed by atoms with van der Waals surface area (Å²) in [5, 5.41) is 5.97. The molecule has 0 fully saturated rings. The van der Waals surface area contributed by atoms with Crippen LogP contribution in [-0.4, -0.2) is 31.2 Å². The minimum Gasteiger partial charge on any atom is -0.464 e. The van der Waals surface area contributed by atoms with E-state index < -0.39 is 29.6 Å². The monoisotopic (exact) mass is 508 g/mol. The van der Waals surface area contributed by atoms with Gasteiger partial charge in [-0.2, -0.15) is 0 Å². The fraction of sp³-hybridized carbons (Fsp3) is 0.333. The SMILES string of the molecule is CCOC(=O)C1=C(COC(=O)CCc2c(C)c3ccc(C)cc3oc2=O)NC(=O)N[C@@H]1c1ccc(C)o1. The van der Waals surface area contributed by atoms with Gasteiger partial charge in [0.2, 0.25) is 0 Å². The van der Waals surface area contributed by atoms with Crippen LogP contribution in [-0.2, 0) is 25.5 Å². The highest BCUT2D eigenvalue weighted by atomic mass is 16.5. The Morgan fingerprint density at radius 1 is 1.03 bits per heavy atom. The molecular weight excluding hydrogens is 480 g/mol. The third-order valence-corrected chi connectivity index (χ3v) is 6.09. The summed E-state index contributed by atoms with van der Waals surface area (Å²) in [7, 11) is 0. The second kappa shape index (κ2) is 10.7. The number of carbonyl (C=O) groups excluding carboxylic acids is 3. The first-order chi connectivity index (χ1) is 17.7. The lowest BCUT2D eigenvalue weighted by Crippen LogP contribution is -2.47. The molecule has 0 spiro atoms. The molecule has 3 heterocycles. The van der Waals surface area contributed by atoms with Crippen molar-refractivity contribution in [1.29, 1.82) is 0 Å². The number of rotatable bonds is 8. The zero-order valence-corrected chi connectivity index (χ0v) is 21.1. The number of carbonyl (C=O) groups is 3. The number of furan rings is 1. The highest BCUT2D eigenvalue weighted by Gasteiger charge is 2.36. The largest absolute Gasteiger partial charge is 0.464 e. The highest BCUT2D eigenvalue weighted by molar-refractivity contribution is 5.95. The average molecular weight is 509 g/mol. The molecule has 1 aromatic carbocycles. The van der Waals surface area contributed by atoms with E-state index in [2.05, 4.69) is 10.6 Å². The number of nitrogens with one attached hydrogen (secondary N) is 2. The Balaban J connectivity index is 1.51. The summed E-state index contributed by atoms with van der Waals surface area (Å²) >= 11 is 0. The number of aryl methyl sites for hydroxylation is 3. The second-order valence-corrected chi connectivity index (χ2v) is 8.75. The number of esters is 2. The molecule has 1 aliphatic rings. The van der Waals surface area contributed by atoms with Crippen LogP contribution in [0.1, 0.15) is 47.6 Å². The third-order valence-electron chi connectivity index (χ3n) is 6.09. The van der Waals surface area contributed by atoms with Gasteiger partial charge in [-0.1, -0.05) is 12.1 Å². The summed E-state index contributed by atoms with van der Waals surface area (Å²) in [5.41, 5.74) is 2.26. The molecule has 0 bridgehead atoms. The van der Waals surface area contributed by atoms with Gasteiger partial charge >= 0.3 is 23.6 Å². The molecule has 37 heavy (non-hydrogen) atoms. The van der Waals surface area contributed by atoms with Crippen LogP contribution in [0.15, 0.2) is 55.2 Å². The number of hydrogen-bond acceptors (Lipinski definition) is 8. The van der Waals surface area contributed by atoms with Crippen LogP contribution in [0.25, 0.3) is 11.0 Å². The van der Waals surface area contributed by atoms with Crippen LogP contribution < -0.4 is 16.3 Å². The molecule has 0 saturated heterocycles. The molecular formula is C27H28N2O8. The molecule has 3 aromatic rings. The molecule has 2 aromatic heterocycles. The van der Waals surface area contributed by atoms with E-state index in [-0.39, 0.29) is 37.3 Å². The minimum absolute atomic E-state index is 0.0740. The number of ether oxygens (including phenoxy) is 2. The molecule has 0 radical (unpaired) electrons. The molecule has 1 aliphatic heterocycles. The molecule has 10 nitrogen and oxygen atoms in total. The maximum Gasteiger partial charge on any atom is 0.339 e. The number of urea groups is 1. The van der Waals surface area contributed by atoms with E-state index in [9.17, 15) is 19.2 Å². The summed E-state index contributed by atoms with van der Waals surface area (Å²) in [6.45, 7) is 6.85. The molecule has 2 amide bonds. The quantitative estimate of drug-likeness (QED) is 0.347. The fourth-order valence-electron chi connectivity index (χ4n) is 4.25. The van der Waals surface area contributed by atoms with Gasteiger partial charge in [0, 0.05) is 17.4 Å². The molecule has 0 aliphatic carbocycles. The van der Waals surface area contributed by atoms with E-state index in [0.717, 1.165) is 16.5 Å². The summed E-state index contributed by atoms with van der Waals surface area (Å²) in [6, 6.07) is 7.45. The van der Waals surface area contributed by atoms with E-state index in [4.69, 9.17) is 18.3 Å². The minimum atomic E-state index is -0.913. The van der Waals surface area contributed by atoms with Crippen molar-refractivity contribution in [3.63, 3.8) is 0 Å². The average Bonchev–Trinajstić information content (AvgIpc) is 3.28. The van der Waals surface area contributed by atoms with Crippen LogP contribution in [0.4, 0.5) is 4.79 Å². The molecule has 10 heteroatoms. The number of hydrogen-bond donors (Lipinski definition) is 2. The zero-order valence-electron chi connectivity index (χ0n) is 21.1. The Morgan fingerprint density at radius 3 is 2.51 bits per heavy atom. The fourth-order valence-corrected chi connectivity index (χ4v) is 4.25. The molecule has 1 atom stereocenters. The highest BCUT2D eigenvalue weighted by Crippen LogP contribution is 2.29. The number of benzene rings is 1. The van der Waals surface area contributed by atoms with Gasteiger partial charge < -0.3 is 28.9 Å². The second-order valence-electron chi connectivity index (χ2n) is 8.75. The standard InChI is InChI=1S/C27H28N2O8/c1-5-34-26(32)23-19(28-27(33)29-24(23)20-10-7-15(3)36-20)13-35-22(30)11-9-18-16(4)17-8-6-14(2)12-21(17)37-25(18)31/h6-8,10,12,24H,5,9,11,13H2,1-4H3,(H2,28,29,33)/t24-/m1/s1. The first kappa shape index (κ1) is 25.7. The topological polar surface area (TPSA) is 137 Å². The van der Waals surface area contributed by atoms with Crippen molar-refractivity contribution in [3.8, 4) is 0 Å². The van der Waals surface area contributed by atoms with E-state index in [1.165, 1.54) is 0 Å². The van der Waals surface area contributed by atoms with Crippen LogP contribution in [0.2, 0.25) is 0 Å². The third kappa shape index (κ3) is 5.58.